The summed E-state index contributed by atoms with van der Waals surface area (Å²) >= 11 is 0. The second-order valence-corrected chi connectivity index (χ2v) is 8.94. The molecular weight excluding hydrogens is 410 g/mol. The van der Waals surface area contributed by atoms with Gasteiger partial charge in [0.1, 0.15) is 6.10 Å². The summed E-state index contributed by atoms with van der Waals surface area (Å²) in [5, 5.41) is 12.2. The zero-order valence-electron chi connectivity index (χ0n) is 17.6. The maximum Gasteiger partial charge on any atom is 0.331 e. The van der Waals surface area contributed by atoms with Crippen LogP contribution in [-0.4, -0.2) is 49.8 Å². The summed E-state index contributed by atoms with van der Waals surface area (Å²) in [6, 6.07) is 5.28. The summed E-state index contributed by atoms with van der Waals surface area (Å²) in [4.78, 5) is 23.4. The van der Waals surface area contributed by atoms with Crippen molar-refractivity contribution >= 4 is 22.0 Å². The van der Waals surface area contributed by atoms with E-state index in [-0.39, 0.29) is 23.0 Å². The molecule has 0 unspecified atom stereocenters. The average Bonchev–Trinajstić information content (AvgIpc) is 2.67. The van der Waals surface area contributed by atoms with Crippen LogP contribution in [0.3, 0.4) is 0 Å². The number of benzene rings is 1. The second-order valence-electron chi connectivity index (χ2n) is 7.37. The number of rotatable bonds is 9. The van der Waals surface area contributed by atoms with E-state index in [1.807, 2.05) is 20.8 Å². The predicted molar refractivity (Wildman–Crippen MR) is 110 cm³/mol. The number of aryl methyl sites for hydroxylation is 1. The number of hydrogen-bond donors (Lipinski definition) is 2. The molecule has 0 aliphatic heterocycles. The van der Waals surface area contributed by atoms with E-state index < -0.39 is 40.2 Å². The van der Waals surface area contributed by atoms with Crippen molar-refractivity contribution in [2.24, 2.45) is 0 Å². The highest BCUT2D eigenvalue weighted by atomic mass is 32.2. The third-order valence-corrected chi connectivity index (χ3v) is 6.36. The van der Waals surface area contributed by atoms with Crippen molar-refractivity contribution in [3.63, 3.8) is 0 Å². The first kappa shape index (κ1) is 24.0. The van der Waals surface area contributed by atoms with Gasteiger partial charge >= 0.3 is 5.97 Å². The Kier molecular flexibility index (Phi) is 8.17. The number of hydrogen-bond acceptors (Lipinski definition) is 6. The Morgan fingerprint density at radius 1 is 1.20 bits per heavy atom. The van der Waals surface area contributed by atoms with Crippen molar-refractivity contribution in [2.45, 2.75) is 76.2 Å². The standard InChI is InChI=1S/C21H29NO7S/c1-5-16(6-2)28-18-11-15(21(24)25)12-19(20(18)22-14(4)23)29-30(26,27)17-9-7-13(3)8-10-17/h7-11,16,18-20H,5-6,12H2,1-4H3,(H,22,23)(H,24,25)/t18-,19-,20-/m1/s1. The molecule has 2 N–H and O–H groups in total. The fraction of sp³-hybridized carbons (Fsp3) is 0.524. The first-order chi connectivity index (χ1) is 14.1. The molecule has 166 valence electrons. The largest absolute Gasteiger partial charge is 0.478 e. The fourth-order valence-corrected chi connectivity index (χ4v) is 4.43. The summed E-state index contributed by atoms with van der Waals surface area (Å²) in [5.41, 5.74) is 0.870. The van der Waals surface area contributed by atoms with E-state index >= 15 is 0 Å². The number of aliphatic carboxylic acids is 1. The van der Waals surface area contributed by atoms with Gasteiger partial charge in [-0.3, -0.25) is 8.98 Å². The molecule has 0 saturated heterocycles. The summed E-state index contributed by atoms with van der Waals surface area (Å²) in [6.07, 6.45) is 0.470. The summed E-state index contributed by atoms with van der Waals surface area (Å²) < 4.78 is 37.1. The smallest absolute Gasteiger partial charge is 0.331 e. The summed E-state index contributed by atoms with van der Waals surface area (Å²) in [6.45, 7) is 7.00. The van der Waals surface area contributed by atoms with E-state index in [0.717, 1.165) is 5.56 Å². The van der Waals surface area contributed by atoms with Gasteiger partial charge in [0.25, 0.3) is 10.1 Å². The monoisotopic (exact) mass is 439 g/mol. The van der Waals surface area contributed by atoms with Gasteiger partial charge in [-0.25, -0.2) is 4.79 Å². The molecular formula is C21H29NO7S. The van der Waals surface area contributed by atoms with Gasteiger partial charge in [0.15, 0.2) is 0 Å². The molecule has 3 atom stereocenters. The number of nitrogens with one attached hydrogen (secondary N) is 1. The average molecular weight is 440 g/mol. The van der Waals surface area contributed by atoms with Gasteiger partial charge < -0.3 is 15.2 Å². The van der Waals surface area contributed by atoms with Crippen molar-refractivity contribution in [3.05, 3.63) is 41.5 Å². The summed E-state index contributed by atoms with van der Waals surface area (Å²) in [5.74, 6) is -1.58. The van der Waals surface area contributed by atoms with E-state index in [9.17, 15) is 23.1 Å². The molecule has 1 aliphatic carbocycles. The molecule has 1 aromatic rings. The van der Waals surface area contributed by atoms with Gasteiger partial charge in [-0.05, 0) is 38.0 Å². The number of carboxylic acid groups (broad SMARTS) is 1. The van der Waals surface area contributed by atoms with Crippen LogP contribution in [0.2, 0.25) is 0 Å². The van der Waals surface area contributed by atoms with E-state index in [1.54, 1.807) is 12.1 Å². The van der Waals surface area contributed by atoms with Crippen LogP contribution < -0.4 is 5.32 Å². The number of amides is 1. The highest BCUT2D eigenvalue weighted by molar-refractivity contribution is 7.86. The van der Waals surface area contributed by atoms with Crippen LogP contribution in [0.4, 0.5) is 0 Å². The Hall–Kier alpha value is -2.23. The van der Waals surface area contributed by atoms with E-state index in [4.69, 9.17) is 8.92 Å². The van der Waals surface area contributed by atoms with Crippen molar-refractivity contribution in [1.29, 1.82) is 0 Å². The number of carbonyl (C=O) groups excluding carboxylic acids is 1. The maximum absolute atomic E-state index is 12.8. The van der Waals surface area contributed by atoms with Crippen molar-refractivity contribution in [3.8, 4) is 0 Å². The minimum Gasteiger partial charge on any atom is -0.478 e. The molecule has 0 fully saturated rings. The molecule has 0 aromatic heterocycles. The molecule has 2 rings (SSSR count). The molecule has 8 nitrogen and oxygen atoms in total. The summed E-state index contributed by atoms with van der Waals surface area (Å²) in [7, 11) is -4.18. The van der Waals surface area contributed by atoms with Gasteiger partial charge in [0, 0.05) is 18.9 Å². The Bertz CT molecular complexity index is 888. The van der Waals surface area contributed by atoms with Gasteiger partial charge in [-0.2, -0.15) is 8.42 Å². The van der Waals surface area contributed by atoms with Crippen LogP contribution in [0, 0.1) is 6.92 Å². The number of carboxylic acids is 1. The molecule has 1 amide bonds. The van der Waals surface area contributed by atoms with Gasteiger partial charge in [-0.15, -0.1) is 0 Å². The fourth-order valence-electron chi connectivity index (χ4n) is 3.34. The van der Waals surface area contributed by atoms with Crippen LogP contribution in [0.15, 0.2) is 40.8 Å². The molecule has 0 spiro atoms. The zero-order valence-corrected chi connectivity index (χ0v) is 18.4. The lowest BCUT2D eigenvalue weighted by Gasteiger charge is -2.37. The van der Waals surface area contributed by atoms with Gasteiger partial charge in [0.2, 0.25) is 5.91 Å². The van der Waals surface area contributed by atoms with Crippen LogP contribution in [0.5, 0.6) is 0 Å². The molecule has 1 aliphatic rings. The third-order valence-electron chi connectivity index (χ3n) is 5.01. The molecule has 1 aromatic carbocycles. The first-order valence-electron chi connectivity index (χ1n) is 9.93. The lowest BCUT2D eigenvalue weighted by molar-refractivity contribution is -0.133. The van der Waals surface area contributed by atoms with E-state index in [0.29, 0.717) is 12.8 Å². The third kappa shape index (κ3) is 6.13. The number of carbonyl (C=O) groups is 2. The van der Waals surface area contributed by atoms with E-state index in [1.165, 1.54) is 25.1 Å². The number of ether oxygens (including phenoxy) is 1. The van der Waals surface area contributed by atoms with Crippen molar-refractivity contribution < 1.29 is 32.0 Å². The molecule has 9 heteroatoms. The molecule has 0 saturated carbocycles. The van der Waals surface area contributed by atoms with Crippen LogP contribution in [0.25, 0.3) is 0 Å². The zero-order chi connectivity index (χ0) is 22.5. The molecule has 0 heterocycles. The van der Waals surface area contributed by atoms with Crippen LogP contribution in [-0.2, 0) is 28.6 Å². The molecule has 0 radical (unpaired) electrons. The highest BCUT2D eigenvalue weighted by Gasteiger charge is 2.40. The lowest BCUT2D eigenvalue weighted by atomic mass is 9.89. The van der Waals surface area contributed by atoms with Gasteiger partial charge in [-0.1, -0.05) is 31.5 Å². The quantitative estimate of drug-likeness (QED) is 0.568. The topological polar surface area (TPSA) is 119 Å². The van der Waals surface area contributed by atoms with Crippen LogP contribution >= 0.6 is 0 Å². The first-order valence-corrected chi connectivity index (χ1v) is 11.3. The van der Waals surface area contributed by atoms with Crippen molar-refractivity contribution in [1.82, 2.24) is 5.32 Å². The normalized spacial score (nSPS) is 21.9. The van der Waals surface area contributed by atoms with Crippen LogP contribution in [0.1, 0.15) is 45.6 Å². The lowest BCUT2D eigenvalue weighted by Crippen LogP contribution is -2.55. The highest BCUT2D eigenvalue weighted by Crippen LogP contribution is 2.29. The Labute approximate surface area is 177 Å². The second kappa shape index (κ2) is 10.2. The maximum atomic E-state index is 12.8. The Balaban J connectivity index is 2.40. The minimum absolute atomic E-state index is 0.0170. The predicted octanol–water partition coefficient (Wildman–Crippen LogP) is 2.56. The van der Waals surface area contributed by atoms with E-state index in [2.05, 4.69) is 5.32 Å². The van der Waals surface area contributed by atoms with Gasteiger partial charge in [0.05, 0.1) is 23.1 Å². The Morgan fingerprint density at radius 2 is 1.80 bits per heavy atom. The molecule has 0 bridgehead atoms. The Morgan fingerprint density at radius 3 is 2.30 bits per heavy atom. The van der Waals surface area contributed by atoms with Crippen molar-refractivity contribution in [2.75, 3.05) is 0 Å². The minimum atomic E-state index is -4.18. The SMILES string of the molecule is CCC(CC)O[C@@H]1C=C(C(=O)O)C[C@@H](OS(=O)(=O)c2ccc(C)cc2)[C@@H]1NC(C)=O. The molecule has 30 heavy (non-hydrogen) atoms.